The lowest BCUT2D eigenvalue weighted by atomic mass is 9.95. The lowest BCUT2D eigenvalue weighted by Gasteiger charge is -2.25. The van der Waals surface area contributed by atoms with Gasteiger partial charge in [-0.15, -0.1) is 0 Å². The zero-order valence-corrected chi connectivity index (χ0v) is 10.4. The Labute approximate surface area is 102 Å². The number of rotatable bonds is 3. The van der Waals surface area contributed by atoms with E-state index in [9.17, 15) is 0 Å². The zero-order valence-electron chi connectivity index (χ0n) is 10.4. The van der Waals surface area contributed by atoms with Crippen molar-refractivity contribution in [3.8, 4) is 0 Å². The molecule has 4 nitrogen and oxygen atoms in total. The second kappa shape index (κ2) is 4.78. The van der Waals surface area contributed by atoms with Gasteiger partial charge in [0.15, 0.2) is 5.89 Å². The summed E-state index contributed by atoms with van der Waals surface area (Å²) in [5.41, 5.74) is 1.18. The van der Waals surface area contributed by atoms with Crippen molar-refractivity contribution >= 4 is 0 Å². The van der Waals surface area contributed by atoms with E-state index >= 15 is 0 Å². The molecule has 0 radical (unpaired) electrons. The molecule has 0 unspecified atom stereocenters. The van der Waals surface area contributed by atoms with E-state index in [1.807, 2.05) is 6.92 Å². The maximum Gasteiger partial charge on any atom is 0.194 e. The van der Waals surface area contributed by atoms with Crippen LogP contribution in [0.4, 0.5) is 0 Å². The Hall–Kier alpha value is -0.870. The molecule has 2 saturated heterocycles. The van der Waals surface area contributed by atoms with Gasteiger partial charge in [-0.25, -0.2) is 4.98 Å². The Morgan fingerprint density at radius 3 is 2.71 bits per heavy atom. The van der Waals surface area contributed by atoms with Crippen LogP contribution in [0.3, 0.4) is 0 Å². The number of hydrogen-bond donors (Lipinski definition) is 1. The van der Waals surface area contributed by atoms with Crippen molar-refractivity contribution in [1.29, 1.82) is 0 Å². The zero-order chi connectivity index (χ0) is 11.7. The molecule has 2 fully saturated rings. The van der Waals surface area contributed by atoms with Gasteiger partial charge in [-0.05, 0) is 38.8 Å². The molecule has 0 bridgehead atoms. The monoisotopic (exact) mass is 236 g/mol. The standard InChI is InChI=1S/C13H20N2O2/c1-9-13(11-2-4-16-5-3-11)15-12(17-9)6-10-7-14-8-10/h10-11,14H,2-8H2,1H3. The maximum atomic E-state index is 5.79. The topological polar surface area (TPSA) is 47.3 Å². The molecule has 3 rings (SSSR count). The van der Waals surface area contributed by atoms with Crippen molar-refractivity contribution in [2.24, 2.45) is 5.92 Å². The van der Waals surface area contributed by atoms with Gasteiger partial charge in [-0.1, -0.05) is 0 Å². The van der Waals surface area contributed by atoms with E-state index in [-0.39, 0.29) is 0 Å². The van der Waals surface area contributed by atoms with Gasteiger partial charge in [-0.2, -0.15) is 0 Å². The molecule has 0 atom stereocenters. The third-order valence-corrected chi connectivity index (χ3v) is 3.81. The molecule has 0 saturated carbocycles. The van der Waals surface area contributed by atoms with Gasteiger partial charge < -0.3 is 14.5 Å². The van der Waals surface area contributed by atoms with Crippen LogP contribution in [-0.2, 0) is 11.2 Å². The van der Waals surface area contributed by atoms with Crippen LogP contribution in [0, 0.1) is 12.8 Å². The summed E-state index contributed by atoms with van der Waals surface area (Å²) >= 11 is 0. The first kappa shape index (κ1) is 11.2. The summed E-state index contributed by atoms with van der Waals surface area (Å²) in [6, 6.07) is 0. The minimum Gasteiger partial charge on any atom is -0.446 e. The van der Waals surface area contributed by atoms with Crippen molar-refractivity contribution in [3.63, 3.8) is 0 Å². The molecular formula is C13H20N2O2. The van der Waals surface area contributed by atoms with Crippen molar-refractivity contribution in [2.45, 2.75) is 32.1 Å². The van der Waals surface area contributed by atoms with Gasteiger partial charge in [-0.3, -0.25) is 0 Å². The summed E-state index contributed by atoms with van der Waals surface area (Å²) in [6.07, 6.45) is 3.15. The molecule has 0 aliphatic carbocycles. The average molecular weight is 236 g/mol. The number of aryl methyl sites for hydroxylation is 1. The Kier molecular flexibility index (Phi) is 3.16. The van der Waals surface area contributed by atoms with Crippen molar-refractivity contribution in [3.05, 3.63) is 17.3 Å². The molecule has 0 amide bonds. The Morgan fingerprint density at radius 1 is 1.29 bits per heavy atom. The van der Waals surface area contributed by atoms with Crippen LogP contribution in [0.15, 0.2) is 4.42 Å². The van der Waals surface area contributed by atoms with Gasteiger partial charge in [0.1, 0.15) is 5.76 Å². The van der Waals surface area contributed by atoms with E-state index in [1.165, 1.54) is 5.69 Å². The van der Waals surface area contributed by atoms with E-state index in [4.69, 9.17) is 14.1 Å². The molecule has 0 spiro atoms. The maximum absolute atomic E-state index is 5.79. The molecule has 1 N–H and O–H groups in total. The second-order valence-electron chi connectivity index (χ2n) is 5.16. The molecule has 2 aliphatic heterocycles. The van der Waals surface area contributed by atoms with Crippen LogP contribution in [-0.4, -0.2) is 31.3 Å². The number of aromatic nitrogens is 1. The van der Waals surface area contributed by atoms with Gasteiger partial charge in [0.2, 0.25) is 0 Å². The first-order valence-electron chi connectivity index (χ1n) is 6.57. The molecular weight excluding hydrogens is 216 g/mol. The molecule has 94 valence electrons. The molecule has 0 aromatic carbocycles. The summed E-state index contributed by atoms with van der Waals surface area (Å²) in [5.74, 6) is 3.20. The summed E-state index contributed by atoms with van der Waals surface area (Å²) in [7, 11) is 0. The van der Waals surface area contributed by atoms with Crippen LogP contribution in [0.25, 0.3) is 0 Å². The first-order valence-corrected chi connectivity index (χ1v) is 6.57. The lowest BCUT2D eigenvalue weighted by Crippen LogP contribution is -2.43. The van der Waals surface area contributed by atoms with Gasteiger partial charge >= 0.3 is 0 Å². The van der Waals surface area contributed by atoms with Crippen LogP contribution < -0.4 is 5.32 Å². The SMILES string of the molecule is Cc1oc(CC2CNC2)nc1C1CCOCC1. The van der Waals surface area contributed by atoms with E-state index in [0.717, 1.165) is 63.1 Å². The van der Waals surface area contributed by atoms with Crippen molar-refractivity contribution in [1.82, 2.24) is 10.3 Å². The summed E-state index contributed by atoms with van der Waals surface area (Å²) in [4.78, 5) is 4.71. The fraction of sp³-hybridized carbons (Fsp3) is 0.769. The quantitative estimate of drug-likeness (QED) is 0.866. The van der Waals surface area contributed by atoms with E-state index in [1.54, 1.807) is 0 Å². The highest BCUT2D eigenvalue weighted by Crippen LogP contribution is 2.29. The highest BCUT2D eigenvalue weighted by atomic mass is 16.5. The minimum absolute atomic E-state index is 0.542. The third-order valence-electron chi connectivity index (χ3n) is 3.81. The fourth-order valence-electron chi connectivity index (χ4n) is 2.64. The predicted molar refractivity (Wildman–Crippen MR) is 64.1 cm³/mol. The van der Waals surface area contributed by atoms with E-state index in [0.29, 0.717) is 5.92 Å². The summed E-state index contributed by atoms with van der Waals surface area (Å²) in [5, 5.41) is 3.28. The first-order chi connectivity index (χ1) is 8.33. The van der Waals surface area contributed by atoms with E-state index in [2.05, 4.69) is 5.32 Å². The average Bonchev–Trinajstić information content (AvgIpc) is 2.66. The number of nitrogens with zero attached hydrogens (tertiary/aromatic N) is 1. The number of hydrogen-bond acceptors (Lipinski definition) is 4. The lowest BCUT2D eigenvalue weighted by molar-refractivity contribution is 0.0843. The molecule has 1 aromatic heterocycles. The van der Waals surface area contributed by atoms with Gasteiger partial charge in [0, 0.05) is 25.6 Å². The molecule has 1 aromatic rings. The van der Waals surface area contributed by atoms with Gasteiger partial charge in [0.25, 0.3) is 0 Å². The minimum atomic E-state index is 0.542. The van der Waals surface area contributed by atoms with E-state index < -0.39 is 0 Å². The number of oxazole rings is 1. The van der Waals surface area contributed by atoms with Crippen LogP contribution in [0.5, 0.6) is 0 Å². The highest BCUT2D eigenvalue weighted by molar-refractivity contribution is 5.15. The number of ether oxygens (including phenoxy) is 1. The Morgan fingerprint density at radius 2 is 2.06 bits per heavy atom. The smallest absolute Gasteiger partial charge is 0.194 e. The van der Waals surface area contributed by atoms with Crippen LogP contribution in [0.2, 0.25) is 0 Å². The summed E-state index contributed by atoms with van der Waals surface area (Å²) < 4.78 is 11.2. The molecule has 17 heavy (non-hydrogen) atoms. The molecule has 2 aliphatic rings. The normalized spacial score (nSPS) is 22.6. The fourth-order valence-corrected chi connectivity index (χ4v) is 2.64. The third kappa shape index (κ3) is 2.38. The second-order valence-corrected chi connectivity index (χ2v) is 5.16. The predicted octanol–water partition coefficient (Wildman–Crippen LogP) is 1.64. The summed E-state index contributed by atoms with van der Waals surface area (Å²) in [6.45, 7) is 5.97. The largest absolute Gasteiger partial charge is 0.446 e. The number of nitrogens with one attached hydrogen (secondary N) is 1. The Balaban J connectivity index is 1.70. The van der Waals surface area contributed by atoms with Gasteiger partial charge in [0.05, 0.1) is 5.69 Å². The van der Waals surface area contributed by atoms with Crippen LogP contribution >= 0.6 is 0 Å². The van der Waals surface area contributed by atoms with Crippen molar-refractivity contribution < 1.29 is 9.15 Å². The van der Waals surface area contributed by atoms with Crippen LogP contribution in [0.1, 0.15) is 36.1 Å². The van der Waals surface area contributed by atoms with Crippen molar-refractivity contribution in [2.75, 3.05) is 26.3 Å². The Bertz CT molecular complexity index is 379. The molecule has 4 heteroatoms. The molecule has 3 heterocycles. The highest BCUT2D eigenvalue weighted by Gasteiger charge is 2.25.